The Morgan fingerprint density at radius 2 is 1.65 bits per heavy atom. The van der Waals surface area contributed by atoms with Crippen LogP contribution in [0.4, 0.5) is 0 Å². The summed E-state index contributed by atoms with van der Waals surface area (Å²) in [6.07, 6.45) is 7.66. The van der Waals surface area contributed by atoms with Gasteiger partial charge in [0.25, 0.3) is 0 Å². The van der Waals surface area contributed by atoms with Crippen molar-refractivity contribution in [2.24, 2.45) is 11.8 Å². The van der Waals surface area contributed by atoms with Gasteiger partial charge < -0.3 is 4.12 Å². The minimum Gasteiger partial charge on any atom is -0.452 e. The molecule has 108 valence electrons. The van der Waals surface area contributed by atoms with Gasteiger partial charge >= 0.3 is 0 Å². The molecule has 3 atom stereocenters. The van der Waals surface area contributed by atoms with Crippen LogP contribution in [0.1, 0.15) is 12.8 Å². The third kappa shape index (κ3) is 2.59. The first kappa shape index (κ1) is 14.3. The van der Waals surface area contributed by atoms with Gasteiger partial charge in [-0.25, -0.2) is 0 Å². The van der Waals surface area contributed by atoms with Gasteiger partial charge in [-0.1, -0.05) is 42.5 Å². The molecule has 1 aromatic carbocycles. The molecule has 20 heavy (non-hydrogen) atoms. The number of rotatable bonds is 4. The summed E-state index contributed by atoms with van der Waals surface area (Å²) in [7, 11) is -3.40. The fourth-order valence-electron chi connectivity index (χ4n) is 4.21. The molecule has 2 bridgehead atoms. The predicted octanol–water partition coefficient (Wildman–Crippen LogP) is 4.29. The van der Waals surface area contributed by atoms with Crippen LogP contribution in [0.5, 0.6) is 0 Å². The lowest BCUT2D eigenvalue weighted by Crippen LogP contribution is -2.54. The highest BCUT2D eigenvalue weighted by Gasteiger charge is 2.48. The van der Waals surface area contributed by atoms with Crippen LogP contribution in [0.15, 0.2) is 42.5 Å². The van der Waals surface area contributed by atoms with Crippen LogP contribution >= 0.6 is 0 Å². The topological polar surface area (TPSA) is 9.23 Å². The van der Waals surface area contributed by atoms with Crippen LogP contribution in [-0.2, 0) is 4.12 Å². The molecule has 0 N–H and O–H groups in total. The van der Waals surface area contributed by atoms with Crippen LogP contribution < -0.4 is 5.19 Å². The Morgan fingerprint density at radius 1 is 0.950 bits per heavy atom. The standard InChI is InChI=1S/C17H26OSi2/c1-19(2,16-8-6-5-7-9-16)18-20(3,4)17-13-14-10-11-15(17)12-14/h5-11,14-15,17H,12-13H2,1-4H3. The molecule has 0 heterocycles. The van der Waals surface area contributed by atoms with Crippen molar-refractivity contribution >= 4 is 21.8 Å². The maximum Gasteiger partial charge on any atom is 0.205 e. The molecule has 1 aromatic rings. The SMILES string of the molecule is C[Si](C)(O[Si](C)(C)C1CC2C=CC1C2)c1ccccc1. The van der Waals surface area contributed by atoms with Gasteiger partial charge in [0.15, 0.2) is 8.32 Å². The molecule has 0 spiro atoms. The molecule has 1 nitrogen and oxygen atoms in total. The normalized spacial score (nSPS) is 29.1. The van der Waals surface area contributed by atoms with E-state index in [4.69, 9.17) is 4.12 Å². The Balaban J connectivity index is 1.77. The summed E-state index contributed by atoms with van der Waals surface area (Å²) in [5.41, 5.74) is 0.827. The highest BCUT2D eigenvalue weighted by Crippen LogP contribution is 2.52. The second kappa shape index (κ2) is 4.97. The van der Waals surface area contributed by atoms with E-state index in [9.17, 15) is 0 Å². The molecule has 0 aliphatic heterocycles. The molecule has 2 aliphatic rings. The van der Waals surface area contributed by atoms with E-state index in [1.807, 2.05) is 0 Å². The van der Waals surface area contributed by atoms with E-state index in [2.05, 4.69) is 68.7 Å². The molecule has 1 fully saturated rings. The molecule has 2 aliphatic carbocycles. The number of hydrogen-bond donors (Lipinski definition) is 0. The van der Waals surface area contributed by atoms with Crippen molar-refractivity contribution in [2.45, 2.75) is 44.6 Å². The minimum absolute atomic E-state index is 0.808. The fourth-order valence-corrected chi connectivity index (χ4v) is 13.7. The Morgan fingerprint density at radius 3 is 2.20 bits per heavy atom. The van der Waals surface area contributed by atoms with E-state index in [1.165, 1.54) is 18.0 Å². The second-order valence-electron chi connectivity index (χ2n) is 7.47. The zero-order valence-electron chi connectivity index (χ0n) is 13.1. The number of allylic oxidation sites excluding steroid dienone is 2. The molecule has 3 rings (SSSR count). The summed E-state index contributed by atoms with van der Waals surface area (Å²) in [5, 5.41) is 1.43. The zero-order valence-corrected chi connectivity index (χ0v) is 15.1. The highest BCUT2D eigenvalue weighted by atomic mass is 28.4. The van der Waals surface area contributed by atoms with Crippen molar-refractivity contribution in [1.29, 1.82) is 0 Å². The summed E-state index contributed by atoms with van der Waals surface area (Å²) in [6, 6.07) is 10.9. The van der Waals surface area contributed by atoms with E-state index in [1.54, 1.807) is 0 Å². The molecule has 3 heteroatoms. The number of fused-ring (bicyclic) bond motifs is 2. The number of benzene rings is 1. The molecular formula is C17H26OSi2. The Kier molecular flexibility index (Phi) is 3.55. The summed E-state index contributed by atoms with van der Waals surface area (Å²) < 4.78 is 6.89. The monoisotopic (exact) mass is 302 g/mol. The van der Waals surface area contributed by atoms with E-state index < -0.39 is 16.6 Å². The fraction of sp³-hybridized carbons (Fsp3) is 0.529. The third-order valence-corrected chi connectivity index (χ3v) is 13.5. The Hall–Kier alpha value is -0.646. The lowest BCUT2D eigenvalue weighted by atomic mass is 10.1. The summed E-state index contributed by atoms with van der Waals surface area (Å²) >= 11 is 0. The molecule has 0 amide bonds. The minimum atomic E-state index is -1.77. The van der Waals surface area contributed by atoms with Crippen molar-refractivity contribution in [1.82, 2.24) is 0 Å². The molecule has 3 unspecified atom stereocenters. The van der Waals surface area contributed by atoms with Gasteiger partial charge in [-0.3, -0.25) is 0 Å². The van der Waals surface area contributed by atoms with Crippen LogP contribution in [0.2, 0.25) is 31.7 Å². The molecule has 0 radical (unpaired) electrons. The van der Waals surface area contributed by atoms with Gasteiger partial charge in [-0.15, -0.1) is 0 Å². The van der Waals surface area contributed by atoms with Crippen molar-refractivity contribution in [3.63, 3.8) is 0 Å². The average molecular weight is 303 g/mol. The van der Waals surface area contributed by atoms with Crippen molar-refractivity contribution in [2.75, 3.05) is 0 Å². The van der Waals surface area contributed by atoms with Gasteiger partial charge in [0, 0.05) is 0 Å². The highest BCUT2D eigenvalue weighted by molar-refractivity contribution is 6.92. The smallest absolute Gasteiger partial charge is 0.205 e. The summed E-state index contributed by atoms with van der Waals surface area (Å²) in [6.45, 7) is 9.62. The summed E-state index contributed by atoms with van der Waals surface area (Å²) in [5.74, 6) is 1.66. The van der Waals surface area contributed by atoms with Gasteiger partial charge in [-0.2, -0.15) is 0 Å². The van der Waals surface area contributed by atoms with E-state index in [0.29, 0.717) is 0 Å². The molecule has 0 saturated heterocycles. The first-order valence-electron chi connectivity index (χ1n) is 7.82. The average Bonchev–Trinajstić information content (AvgIpc) is 3.01. The van der Waals surface area contributed by atoms with Gasteiger partial charge in [0.1, 0.15) is 0 Å². The lowest BCUT2D eigenvalue weighted by Gasteiger charge is -2.40. The van der Waals surface area contributed by atoms with E-state index in [-0.39, 0.29) is 0 Å². The van der Waals surface area contributed by atoms with Crippen molar-refractivity contribution in [3.05, 3.63) is 42.5 Å². The predicted molar refractivity (Wildman–Crippen MR) is 91.2 cm³/mol. The van der Waals surface area contributed by atoms with Crippen LogP contribution in [-0.4, -0.2) is 16.6 Å². The van der Waals surface area contributed by atoms with Gasteiger partial charge in [-0.05, 0) is 61.6 Å². The third-order valence-electron chi connectivity index (χ3n) is 5.16. The van der Waals surface area contributed by atoms with E-state index in [0.717, 1.165) is 17.4 Å². The molecular weight excluding hydrogens is 276 g/mol. The van der Waals surface area contributed by atoms with Crippen LogP contribution in [0.3, 0.4) is 0 Å². The largest absolute Gasteiger partial charge is 0.452 e. The van der Waals surface area contributed by atoms with Crippen molar-refractivity contribution in [3.8, 4) is 0 Å². The molecule has 0 aromatic heterocycles. The first-order valence-corrected chi connectivity index (χ1v) is 13.7. The number of hydrogen-bond acceptors (Lipinski definition) is 1. The lowest BCUT2D eigenvalue weighted by molar-refractivity contribution is 0.502. The summed E-state index contributed by atoms with van der Waals surface area (Å²) in [4.78, 5) is 0. The van der Waals surface area contributed by atoms with Crippen LogP contribution in [0.25, 0.3) is 0 Å². The van der Waals surface area contributed by atoms with E-state index >= 15 is 0 Å². The Bertz CT molecular complexity index is 507. The zero-order chi connectivity index (χ0) is 14.4. The van der Waals surface area contributed by atoms with Crippen molar-refractivity contribution < 1.29 is 4.12 Å². The maximum atomic E-state index is 6.89. The van der Waals surface area contributed by atoms with Gasteiger partial charge in [0.05, 0.1) is 0 Å². The van der Waals surface area contributed by atoms with Gasteiger partial charge in [0.2, 0.25) is 8.32 Å². The van der Waals surface area contributed by atoms with Crippen LogP contribution in [0, 0.1) is 11.8 Å². The second-order valence-corrected chi connectivity index (χ2v) is 15.8. The molecule has 1 saturated carbocycles. The quantitative estimate of drug-likeness (QED) is 0.595. The Labute approximate surface area is 125 Å². The maximum absolute atomic E-state index is 6.89. The first-order chi connectivity index (χ1) is 9.38.